The van der Waals surface area contributed by atoms with Gasteiger partial charge in [-0.25, -0.2) is 0 Å². The highest BCUT2D eigenvalue weighted by molar-refractivity contribution is 5.76. The zero-order valence-corrected chi connectivity index (χ0v) is 27.5. The summed E-state index contributed by atoms with van der Waals surface area (Å²) in [7, 11) is 4.12. The fourth-order valence-corrected chi connectivity index (χ4v) is 5.92. The zero-order valence-electron chi connectivity index (χ0n) is 27.5. The first-order valence-electron chi connectivity index (χ1n) is 16.0. The predicted octanol–water partition coefficient (Wildman–Crippen LogP) is 7.41. The number of benzene rings is 4. The Bertz CT molecular complexity index is 1720. The smallest absolute Gasteiger partial charge is 0.203 e. The maximum atomic E-state index is 9.52. The summed E-state index contributed by atoms with van der Waals surface area (Å²) in [5.41, 5.74) is 9.89. The first-order chi connectivity index (χ1) is 21.8. The maximum absolute atomic E-state index is 9.52. The van der Waals surface area contributed by atoms with Crippen molar-refractivity contribution < 1.29 is 9.47 Å². The SMILES string of the molecule is Cc1ccc(CC(CO[C@@H](CCOCCN(C)C)c2ccccc2C)n2c(=N)n(Cc3ccc(C)cc3)c3ccccc32)cc1. The highest BCUT2D eigenvalue weighted by Gasteiger charge is 2.23. The van der Waals surface area contributed by atoms with E-state index in [1.165, 1.54) is 33.4 Å². The lowest BCUT2D eigenvalue weighted by Crippen LogP contribution is -2.32. The van der Waals surface area contributed by atoms with Crippen LogP contribution < -0.4 is 5.62 Å². The van der Waals surface area contributed by atoms with Crippen LogP contribution in [0.25, 0.3) is 11.0 Å². The van der Waals surface area contributed by atoms with Crippen LogP contribution in [0.1, 0.15) is 51.9 Å². The Kier molecular flexibility index (Phi) is 11.1. The van der Waals surface area contributed by atoms with E-state index in [0.29, 0.717) is 32.0 Å². The third kappa shape index (κ3) is 8.40. The number of aromatic nitrogens is 2. The minimum absolute atomic E-state index is 0.0782. The van der Waals surface area contributed by atoms with Crippen LogP contribution in [0.5, 0.6) is 0 Å². The number of nitrogens with zero attached hydrogens (tertiary/aromatic N) is 3. The van der Waals surface area contributed by atoms with Crippen LogP contribution in [0.15, 0.2) is 97.1 Å². The lowest BCUT2D eigenvalue weighted by molar-refractivity contribution is 0.00306. The topological polar surface area (TPSA) is 55.4 Å². The number of likely N-dealkylation sites (N-methyl/N-ethyl adjacent to an activating group) is 1. The van der Waals surface area contributed by atoms with E-state index in [2.05, 4.69) is 146 Å². The lowest BCUT2D eigenvalue weighted by atomic mass is 10.0. The van der Waals surface area contributed by atoms with Gasteiger partial charge in [0, 0.05) is 19.6 Å². The van der Waals surface area contributed by atoms with Gasteiger partial charge in [-0.05, 0) is 75.7 Å². The first-order valence-corrected chi connectivity index (χ1v) is 16.0. The molecule has 1 unspecified atom stereocenters. The fraction of sp³-hybridized carbons (Fsp3) is 0.359. The van der Waals surface area contributed by atoms with Gasteiger partial charge in [0.25, 0.3) is 0 Å². The summed E-state index contributed by atoms with van der Waals surface area (Å²) in [6, 6.07) is 34.2. The van der Waals surface area contributed by atoms with E-state index < -0.39 is 0 Å². The summed E-state index contributed by atoms with van der Waals surface area (Å²) in [5.74, 6) is 0. The van der Waals surface area contributed by atoms with Gasteiger partial charge in [0.15, 0.2) is 0 Å². The van der Waals surface area contributed by atoms with Gasteiger partial charge >= 0.3 is 0 Å². The highest BCUT2D eigenvalue weighted by Crippen LogP contribution is 2.28. The van der Waals surface area contributed by atoms with E-state index in [1.54, 1.807) is 0 Å². The normalized spacial score (nSPS) is 13.0. The number of rotatable bonds is 15. The average Bonchev–Trinajstić information content (AvgIpc) is 3.30. The van der Waals surface area contributed by atoms with Gasteiger partial charge < -0.3 is 23.5 Å². The van der Waals surface area contributed by atoms with Crippen LogP contribution in [0, 0.1) is 26.2 Å². The highest BCUT2D eigenvalue weighted by atomic mass is 16.5. The molecule has 0 amide bonds. The van der Waals surface area contributed by atoms with Gasteiger partial charge in [-0.15, -0.1) is 0 Å². The molecule has 236 valence electrons. The van der Waals surface area contributed by atoms with Crippen LogP contribution in [0.4, 0.5) is 0 Å². The van der Waals surface area contributed by atoms with Crippen molar-refractivity contribution >= 4 is 11.0 Å². The third-order valence-corrected chi connectivity index (χ3v) is 8.57. The number of para-hydroxylation sites is 2. The summed E-state index contributed by atoms with van der Waals surface area (Å²) < 4.78 is 17.2. The van der Waals surface area contributed by atoms with E-state index in [4.69, 9.17) is 9.47 Å². The van der Waals surface area contributed by atoms with Crippen LogP contribution in [0.2, 0.25) is 0 Å². The molecule has 0 aliphatic carbocycles. The minimum Gasteiger partial charge on any atom is -0.380 e. The van der Waals surface area contributed by atoms with E-state index in [9.17, 15) is 5.41 Å². The Morgan fingerprint density at radius 1 is 0.733 bits per heavy atom. The Labute approximate surface area is 268 Å². The van der Waals surface area contributed by atoms with Crippen molar-refractivity contribution in [3.63, 3.8) is 0 Å². The number of nitrogens with one attached hydrogen (secondary N) is 1. The molecule has 0 radical (unpaired) electrons. The number of ether oxygens (including phenoxy) is 2. The van der Waals surface area contributed by atoms with E-state index in [1.807, 2.05) is 0 Å². The van der Waals surface area contributed by atoms with Crippen molar-refractivity contribution in [3.8, 4) is 0 Å². The van der Waals surface area contributed by atoms with Crippen molar-refractivity contribution in [1.29, 1.82) is 5.41 Å². The predicted molar refractivity (Wildman–Crippen MR) is 184 cm³/mol. The van der Waals surface area contributed by atoms with E-state index in [-0.39, 0.29) is 12.1 Å². The molecule has 5 aromatic rings. The molecule has 5 rings (SSSR count). The summed E-state index contributed by atoms with van der Waals surface area (Å²) in [6.07, 6.45) is 1.42. The zero-order chi connectivity index (χ0) is 31.8. The monoisotopic (exact) mass is 604 g/mol. The van der Waals surface area contributed by atoms with Crippen molar-refractivity contribution in [2.45, 2.75) is 52.3 Å². The molecule has 45 heavy (non-hydrogen) atoms. The summed E-state index contributed by atoms with van der Waals surface area (Å²) in [6.45, 7) is 9.70. The molecular weight excluding hydrogens is 556 g/mol. The average molecular weight is 605 g/mol. The van der Waals surface area contributed by atoms with Gasteiger partial charge in [0.05, 0.1) is 42.9 Å². The lowest BCUT2D eigenvalue weighted by Gasteiger charge is -2.26. The van der Waals surface area contributed by atoms with Crippen molar-refractivity contribution in [2.75, 3.05) is 40.5 Å². The molecule has 0 aliphatic rings. The maximum Gasteiger partial charge on any atom is 0.203 e. The molecule has 2 atom stereocenters. The van der Waals surface area contributed by atoms with E-state index >= 15 is 0 Å². The number of hydrogen-bond donors (Lipinski definition) is 1. The molecule has 1 aromatic heterocycles. The standard InChI is InChI=1S/C39H48N4O2/c1-29-14-18-32(19-15-29)26-34(28-45-38(22-24-44-25-23-41(4)5)35-11-7-6-10-31(35)3)43-37-13-9-8-12-36(37)42(39(43)40)27-33-20-16-30(2)17-21-33/h6-21,34,38,40H,22-28H2,1-5H3/t34?,38-/m0/s1. The van der Waals surface area contributed by atoms with Crippen LogP contribution >= 0.6 is 0 Å². The molecule has 0 saturated heterocycles. The molecule has 0 saturated carbocycles. The molecular formula is C39H48N4O2. The Morgan fingerprint density at radius 3 is 2.02 bits per heavy atom. The molecule has 6 nitrogen and oxygen atoms in total. The number of imidazole rings is 1. The number of hydrogen-bond acceptors (Lipinski definition) is 4. The van der Waals surface area contributed by atoms with Crippen molar-refractivity contribution in [2.24, 2.45) is 0 Å². The largest absolute Gasteiger partial charge is 0.380 e. The number of aryl methyl sites for hydroxylation is 3. The quantitative estimate of drug-likeness (QED) is 0.127. The Morgan fingerprint density at radius 2 is 1.36 bits per heavy atom. The van der Waals surface area contributed by atoms with Crippen molar-refractivity contribution in [3.05, 3.63) is 136 Å². The summed E-state index contributed by atoms with van der Waals surface area (Å²) in [5, 5.41) is 9.52. The molecule has 6 heteroatoms. The van der Waals surface area contributed by atoms with Crippen LogP contribution in [0.3, 0.4) is 0 Å². The molecule has 0 aliphatic heterocycles. The molecule has 1 N–H and O–H groups in total. The third-order valence-electron chi connectivity index (χ3n) is 8.57. The second-order valence-corrected chi connectivity index (χ2v) is 12.5. The second-order valence-electron chi connectivity index (χ2n) is 12.5. The summed E-state index contributed by atoms with van der Waals surface area (Å²) in [4.78, 5) is 2.13. The van der Waals surface area contributed by atoms with Gasteiger partial charge in [-0.2, -0.15) is 0 Å². The van der Waals surface area contributed by atoms with Crippen LogP contribution in [-0.4, -0.2) is 54.5 Å². The van der Waals surface area contributed by atoms with Gasteiger partial charge in [-0.3, -0.25) is 5.41 Å². The van der Waals surface area contributed by atoms with E-state index in [0.717, 1.165) is 30.4 Å². The second kappa shape index (κ2) is 15.3. The Balaban J connectivity index is 1.48. The van der Waals surface area contributed by atoms with Gasteiger partial charge in [0.1, 0.15) is 0 Å². The van der Waals surface area contributed by atoms with Gasteiger partial charge in [-0.1, -0.05) is 96.1 Å². The first kappa shape index (κ1) is 32.4. The summed E-state index contributed by atoms with van der Waals surface area (Å²) >= 11 is 0. The fourth-order valence-electron chi connectivity index (χ4n) is 5.92. The molecule has 0 bridgehead atoms. The molecule has 0 spiro atoms. The van der Waals surface area contributed by atoms with Gasteiger partial charge in [0.2, 0.25) is 5.62 Å². The minimum atomic E-state index is -0.109. The Hall–Kier alpha value is -3.97. The molecule has 4 aromatic carbocycles. The molecule has 0 fully saturated rings. The molecule has 1 heterocycles. The number of fused-ring (bicyclic) bond motifs is 1. The van der Waals surface area contributed by atoms with Crippen LogP contribution in [-0.2, 0) is 22.4 Å². The van der Waals surface area contributed by atoms with Crippen molar-refractivity contribution in [1.82, 2.24) is 14.0 Å².